The van der Waals surface area contributed by atoms with Crippen molar-refractivity contribution in [3.63, 3.8) is 0 Å². The summed E-state index contributed by atoms with van der Waals surface area (Å²) in [6.45, 7) is 0.874. The summed E-state index contributed by atoms with van der Waals surface area (Å²) in [5, 5.41) is 2.90. The van der Waals surface area contributed by atoms with Gasteiger partial charge in [0.25, 0.3) is 0 Å². The highest BCUT2D eigenvalue weighted by atomic mass is 16.5. The van der Waals surface area contributed by atoms with E-state index in [1.165, 1.54) is 5.56 Å². The third kappa shape index (κ3) is 4.71. The molecule has 3 rings (SSSR count). The van der Waals surface area contributed by atoms with Crippen LogP contribution in [0.1, 0.15) is 18.0 Å². The van der Waals surface area contributed by atoms with Gasteiger partial charge in [-0.3, -0.25) is 4.79 Å². The van der Waals surface area contributed by atoms with Gasteiger partial charge in [0.2, 0.25) is 5.91 Å². The van der Waals surface area contributed by atoms with Crippen LogP contribution in [0.5, 0.6) is 11.5 Å². The molecular weight excluding hydrogens is 318 g/mol. The first-order valence-electron chi connectivity index (χ1n) is 8.37. The molecule has 1 amide bonds. The van der Waals surface area contributed by atoms with Crippen LogP contribution >= 0.6 is 0 Å². The van der Waals surface area contributed by atoms with E-state index in [0.717, 1.165) is 17.9 Å². The van der Waals surface area contributed by atoms with Crippen molar-refractivity contribution in [2.24, 2.45) is 0 Å². The van der Waals surface area contributed by atoms with Crippen molar-refractivity contribution < 1.29 is 14.3 Å². The number of rotatable bonds is 7. The van der Waals surface area contributed by atoms with Gasteiger partial charge in [0, 0.05) is 6.04 Å². The summed E-state index contributed by atoms with van der Waals surface area (Å²) in [5.74, 6) is 1.51. The molecule has 2 aromatic rings. The van der Waals surface area contributed by atoms with Crippen LogP contribution < -0.4 is 25.6 Å². The smallest absolute Gasteiger partial charge is 0.238 e. The Balaban J connectivity index is 1.38. The number of amides is 1. The predicted octanol–water partition coefficient (Wildman–Crippen LogP) is 1.80. The summed E-state index contributed by atoms with van der Waals surface area (Å²) in [4.78, 5) is 12.2. The van der Waals surface area contributed by atoms with Crippen LogP contribution in [0.15, 0.2) is 54.6 Å². The van der Waals surface area contributed by atoms with Crippen LogP contribution in [0, 0.1) is 0 Å². The average Bonchev–Trinajstić information content (AvgIpc) is 3.16. The van der Waals surface area contributed by atoms with Gasteiger partial charge in [-0.25, -0.2) is 10.9 Å². The molecule has 0 saturated carbocycles. The molecule has 25 heavy (non-hydrogen) atoms. The van der Waals surface area contributed by atoms with Crippen LogP contribution in [0.25, 0.3) is 0 Å². The summed E-state index contributed by atoms with van der Waals surface area (Å²) in [5.41, 5.74) is 7.41. The summed E-state index contributed by atoms with van der Waals surface area (Å²) in [6.07, 6.45) is 0.717. The predicted molar refractivity (Wildman–Crippen MR) is 95.4 cm³/mol. The van der Waals surface area contributed by atoms with Crippen LogP contribution in [0.3, 0.4) is 0 Å². The number of benzene rings is 2. The molecular formula is C19H23N3O3. The molecule has 0 aromatic heterocycles. The zero-order valence-corrected chi connectivity index (χ0v) is 14.2. The molecule has 132 valence electrons. The molecule has 2 atom stereocenters. The molecule has 1 aliphatic heterocycles. The highest BCUT2D eigenvalue weighted by Gasteiger charge is 2.29. The Hall–Kier alpha value is -2.57. The Kier molecular flexibility index (Phi) is 5.87. The van der Waals surface area contributed by atoms with Crippen LogP contribution in [-0.4, -0.2) is 32.2 Å². The standard InChI is InChI=1S/C19H23N3O3/c1-24-15-7-9-16(10-8-15)25-12-11-20-19(23)18-13-17(21-22-18)14-5-3-2-4-6-14/h2-10,17-18,21-22H,11-13H2,1H3,(H,20,23). The molecule has 1 saturated heterocycles. The molecule has 2 unspecified atom stereocenters. The second-order valence-electron chi connectivity index (χ2n) is 5.86. The van der Waals surface area contributed by atoms with Gasteiger partial charge in [0.05, 0.1) is 13.7 Å². The minimum absolute atomic E-state index is 0.0238. The number of carbonyl (C=O) groups excluding carboxylic acids is 1. The van der Waals surface area contributed by atoms with Crippen molar-refractivity contribution in [3.8, 4) is 11.5 Å². The van der Waals surface area contributed by atoms with E-state index in [9.17, 15) is 4.79 Å². The molecule has 2 aromatic carbocycles. The van der Waals surface area contributed by atoms with E-state index >= 15 is 0 Å². The molecule has 0 spiro atoms. The lowest BCUT2D eigenvalue weighted by Crippen LogP contribution is -2.44. The molecule has 1 heterocycles. The second kappa shape index (κ2) is 8.50. The lowest BCUT2D eigenvalue weighted by atomic mass is 10.0. The maximum atomic E-state index is 12.2. The Morgan fingerprint density at radius 2 is 1.80 bits per heavy atom. The lowest BCUT2D eigenvalue weighted by molar-refractivity contribution is -0.123. The molecule has 0 radical (unpaired) electrons. The fourth-order valence-electron chi connectivity index (χ4n) is 2.77. The Morgan fingerprint density at radius 3 is 2.52 bits per heavy atom. The van der Waals surface area contributed by atoms with E-state index < -0.39 is 0 Å². The number of hydrogen-bond acceptors (Lipinski definition) is 5. The fourth-order valence-corrected chi connectivity index (χ4v) is 2.77. The molecule has 0 bridgehead atoms. The average molecular weight is 341 g/mol. The quantitative estimate of drug-likeness (QED) is 0.670. The number of carbonyl (C=O) groups is 1. The molecule has 6 heteroatoms. The lowest BCUT2D eigenvalue weighted by Gasteiger charge is -2.11. The number of ether oxygens (including phenoxy) is 2. The van der Waals surface area contributed by atoms with Gasteiger partial charge in [0.1, 0.15) is 24.1 Å². The van der Waals surface area contributed by atoms with E-state index in [0.29, 0.717) is 13.2 Å². The van der Waals surface area contributed by atoms with Crippen LogP contribution in [0.2, 0.25) is 0 Å². The second-order valence-corrected chi connectivity index (χ2v) is 5.86. The SMILES string of the molecule is COc1ccc(OCCNC(=O)C2CC(c3ccccc3)NN2)cc1. The van der Waals surface area contributed by atoms with Gasteiger partial charge in [-0.2, -0.15) is 0 Å². The Bertz CT molecular complexity index is 676. The van der Waals surface area contributed by atoms with E-state index in [-0.39, 0.29) is 18.0 Å². The third-order valence-electron chi connectivity index (χ3n) is 4.15. The van der Waals surface area contributed by atoms with Gasteiger partial charge in [-0.15, -0.1) is 0 Å². The Morgan fingerprint density at radius 1 is 1.08 bits per heavy atom. The first-order valence-corrected chi connectivity index (χ1v) is 8.37. The molecule has 1 fully saturated rings. The number of hydrogen-bond donors (Lipinski definition) is 3. The molecule has 1 aliphatic rings. The fraction of sp³-hybridized carbons (Fsp3) is 0.316. The molecule has 0 aliphatic carbocycles. The number of nitrogens with one attached hydrogen (secondary N) is 3. The topological polar surface area (TPSA) is 71.6 Å². The first-order chi connectivity index (χ1) is 12.3. The minimum atomic E-state index is -0.244. The van der Waals surface area contributed by atoms with Gasteiger partial charge in [0.15, 0.2) is 0 Å². The van der Waals surface area contributed by atoms with Gasteiger partial charge < -0.3 is 14.8 Å². The maximum Gasteiger partial charge on any atom is 0.238 e. The van der Waals surface area contributed by atoms with Crippen molar-refractivity contribution in [2.75, 3.05) is 20.3 Å². The van der Waals surface area contributed by atoms with Crippen molar-refractivity contribution in [1.82, 2.24) is 16.2 Å². The third-order valence-corrected chi connectivity index (χ3v) is 4.15. The molecule has 6 nitrogen and oxygen atoms in total. The Labute approximate surface area is 147 Å². The number of methoxy groups -OCH3 is 1. The van der Waals surface area contributed by atoms with E-state index in [1.54, 1.807) is 7.11 Å². The van der Waals surface area contributed by atoms with E-state index in [2.05, 4.69) is 28.3 Å². The first kappa shape index (κ1) is 17.3. The van der Waals surface area contributed by atoms with Crippen LogP contribution in [0.4, 0.5) is 0 Å². The van der Waals surface area contributed by atoms with E-state index in [4.69, 9.17) is 9.47 Å². The van der Waals surface area contributed by atoms with Gasteiger partial charge in [-0.05, 0) is 36.2 Å². The van der Waals surface area contributed by atoms with Crippen molar-refractivity contribution >= 4 is 5.91 Å². The summed E-state index contributed by atoms with van der Waals surface area (Å²) in [6, 6.07) is 17.4. The zero-order chi connectivity index (χ0) is 17.5. The summed E-state index contributed by atoms with van der Waals surface area (Å²) in [7, 11) is 1.62. The summed E-state index contributed by atoms with van der Waals surface area (Å²) < 4.78 is 10.7. The molecule has 3 N–H and O–H groups in total. The van der Waals surface area contributed by atoms with E-state index in [1.807, 2.05) is 42.5 Å². The highest BCUT2D eigenvalue weighted by molar-refractivity contribution is 5.82. The number of hydrazine groups is 1. The zero-order valence-electron chi connectivity index (χ0n) is 14.2. The van der Waals surface area contributed by atoms with Crippen molar-refractivity contribution in [1.29, 1.82) is 0 Å². The van der Waals surface area contributed by atoms with Gasteiger partial charge >= 0.3 is 0 Å². The highest BCUT2D eigenvalue weighted by Crippen LogP contribution is 2.21. The van der Waals surface area contributed by atoms with Crippen molar-refractivity contribution in [3.05, 3.63) is 60.2 Å². The maximum absolute atomic E-state index is 12.2. The summed E-state index contributed by atoms with van der Waals surface area (Å²) >= 11 is 0. The monoisotopic (exact) mass is 341 g/mol. The van der Waals surface area contributed by atoms with Crippen LogP contribution in [-0.2, 0) is 4.79 Å². The van der Waals surface area contributed by atoms with Crippen molar-refractivity contribution in [2.45, 2.75) is 18.5 Å². The normalized spacial score (nSPS) is 19.4. The van der Waals surface area contributed by atoms with Gasteiger partial charge in [-0.1, -0.05) is 30.3 Å². The largest absolute Gasteiger partial charge is 0.497 e. The minimum Gasteiger partial charge on any atom is -0.497 e.